The van der Waals surface area contributed by atoms with Crippen LogP contribution in [0.3, 0.4) is 0 Å². The standard InChI is InChI=1S/C6H12N.C4H9NO3.K/c7-6-4-2-1-3-5-6;1-2(6)3(5)4(7)8;/h6-7H,1-5H2;2-3,6H,5H2,1H3,(H,7,8);/q-1;;+1. The molecule has 0 radical (unpaired) electrons. The maximum Gasteiger partial charge on any atom is 1.00 e. The molecular weight excluding hydrogens is 235 g/mol. The first-order valence-electron chi connectivity index (χ1n) is 5.32. The van der Waals surface area contributed by atoms with Crippen molar-refractivity contribution in [2.45, 2.75) is 57.2 Å². The Labute approximate surface area is 139 Å². The van der Waals surface area contributed by atoms with Crippen LogP contribution in [0.2, 0.25) is 0 Å². The molecule has 16 heavy (non-hydrogen) atoms. The molecule has 0 amide bonds. The van der Waals surface area contributed by atoms with Crippen molar-refractivity contribution in [3.63, 3.8) is 0 Å². The first-order chi connectivity index (χ1) is 6.95. The summed E-state index contributed by atoms with van der Waals surface area (Å²) < 4.78 is 0. The Morgan fingerprint density at radius 2 is 1.81 bits per heavy atom. The van der Waals surface area contributed by atoms with E-state index in [1.165, 1.54) is 26.2 Å². The summed E-state index contributed by atoms with van der Waals surface area (Å²) in [7, 11) is 0. The minimum Gasteiger partial charge on any atom is -0.675 e. The van der Waals surface area contributed by atoms with Crippen LogP contribution in [-0.2, 0) is 4.79 Å². The molecule has 0 spiro atoms. The van der Waals surface area contributed by atoms with Crippen LogP contribution >= 0.6 is 0 Å². The van der Waals surface area contributed by atoms with Gasteiger partial charge < -0.3 is 21.7 Å². The zero-order valence-corrected chi connectivity index (χ0v) is 13.3. The summed E-state index contributed by atoms with van der Waals surface area (Å²) in [4.78, 5) is 9.86. The van der Waals surface area contributed by atoms with E-state index in [1.807, 2.05) is 0 Å². The number of nitrogens with two attached hydrogens (primary N) is 1. The summed E-state index contributed by atoms with van der Waals surface area (Å²) in [6.45, 7) is 1.33. The zero-order valence-electron chi connectivity index (χ0n) is 10.1. The van der Waals surface area contributed by atoms with E-state index in [0.717, 1.165) is 12.8 Å². The Kier molecular flexibility index (Phi) is 13.4. The number of aliphatic carboxylic acids is 1. The van der Waals surface area contributed by atoms with E-state index < -0.39 is 18.1 Å². The molecule has 6 heteroatoms. The van der Waals surface area contributed by atoms with Gasteiger partial charge in [0.2, 0.25) is 0 Å². The molecule has 1 aliphatic carbocycles. The van der Waals surface area contributed by atoms with Gasteiger partial charge in [-0.25, -0.2) is 0 Å². The Balaban J connectivity index is 0. The van der Waals surface area contributed by atoms with E-state index in [2.05, 4.69) is 0 Å². The van der Waals surface area contributed by atoms with Crippen LogP contribution in [0.15, 0.2) is 0 Å². The number of hydrogen-bond donors (Lipinski definition) is 3. The molecule has 1 saturated carbocycles. The zero-order chi connectivity index (χ0) is 11.8. The maximum absolute atomic E-state index is 9.86. The van der Waals surface area contributed by atoms with Gasteiger partial charge in [-0.15, -0.1) is 6.04 Å². The van der Waals surface area contributed by atoms with Crippen molar-refractivity contribution in [3.8, 4) is 0 Å². The third kappa shape index (κ3) is 10.2. The number of carboxylic acids is 1. The Hall–Kier alpha value is 0.986. The third-order valence-corrected chi connectivity index (χ3v) is 2.41. The van der Waals surface area contributed by atoms with Gasteiger partial charge in [0.1, 0.15) is 6.04 Å². The number of hydrogen-bond acceptors (Lipinski definition) is 3. The third-order valence-electron chi connectivity index (χ3n) is 2.41. The van der Waals surface area contributed by atoms with Gasteiger partial charge in [-0.2, -0.15) is 0 Å². The fraction of sp³-hybridized carbons (Fsp3) is 0.900. The molecular formula is C10H21KN2O3. The molecule has 1 fully saturated rings. The SMILES string of the molecule is CC(O)C(N)C(=O)O.[K+].[NH-]C1CCCCC1. The van der Waals surface area contributed by atoms with Gasteiger partial charge in [-0.3, -0.25) is 4.79 Å². The molecule has 0 aromatic heterocycles. The van der Waals surface area contributed by atoms with Gasteiger partial charge >= 0.3 is 57.4 Å². The summed E-state index contributed by atoms with van der Waals surface area (Å²) in [5.74, 6) is -1.18. The van der Waals surface area contributed by atoms with Crippen molar-refractivity contribution >= 4 is 5.97 Å². The monoisotopic (exact) mass is 256 g/mol. The minimum absolute atomic E-state index is 0. The molecule has 0 aliphatic heterocycles. The second-order valence-corrected chi connectivity index (χ2v) is 3.94. The summed E-state index contributed by atoms with van der Waals surface area (Å²) in [6.07, 6.45) is 5.30. The van der Waals surface area contributed by atoms with E-state index in [4.69, 9.17) is 21.7 Å². The predicted molar refractivity (Wildman–Crippen MR) is 58.5 cm³/mol. The molecule has 0 heterocycles. The molecule has 0 bridgehead atoms. The van der Waals surface area contributed by atoms with Crippen molar-refractivity contribution in [1.29, 1.82) is 0 Å². The van der Waals surface area contributed by atoms with E-state index in [0.29, 0.717) is 0 Å². The van der Waals surface area contributed by atoms with Crippen LogP contribution in [0.1, 0.15) is 39.0 Å². The summed E-state index contributed by atoms with van der Waals surface area (Å²) in [5.41, 5.74) is 12.2. The number of rotatable bonds is 2. The molecule has 90 valence electrons. The van der Waals surface area contributed by atoms with Crippen molar-refractivity contribution in [1.82, 2.24) is 0 Å². The minimum atomic E-state index is -1.18. The van der Waals surface area contributed by atoms with Crippen LogP contribution in [0.4, 0.5) is 0 Å². The predicted octanol–water partition coefficient (Wildman–Crippen LogP) is -1.85. The molecule has 0 saturated heterocycles. The molecule has 2 atom stereocenters. The smallest absolute Gasteiger partial charge is 0.675 e. The molecule has 1 rings (SSSR count). The van der Waals surface area contributed by atoms with Crippen molar-refractivity contribution < 1.29 is 66.4 Å². The van der Waals surface area contributed by atoms with Gasteiger partial charge in [-0.05, 0) is 6.92 Å². The van der Waals surface area contributed by atoms with E-state index in [9.17, 15) is 4.79 Å². The van der Waals surface area contributed by atoms with Crippen molar-refractivity contribution in [3.05, 3.63) is 5.73 Å². The molecule has 5 nitrogen and oxygen atoms in total. The summed E-state index contributed by atoms with van der Waals surface area (Å²) in [5, 5.41) is 16.6. The largest absolute Gasteiger partial charge is 1.00 e. The number of aliphatic hydroxyl groups excluding tert-OH is 1. The maximum atomic E-state index is 9.86. The van der Waals surface area contributed by atoms with Gasteiger partial charge in [0.25, 0.3) is 0 Å². The average molecular weight is 256 g/mol. The fourth-order valence-electron chi connectivity index (χ4n) is 1.31. The molecule has 2 unspecified atom stereocenters. The number of aliphatic hydroxyl groups is 1. The number of carboxylic acid groups (broad SMARTS) is 1. The Morgan fingerprint density at radius 1 is 1.38 bits per heavy atom. The van der Waals surface area contributed by atoms with Crippen LogP contribution < -0.4 is 57.1 Å². The fourth-order valence-corrected chi connectivity index (χ4v) is 1.31. The van der Waals surface area contributed by atoms with Crippen LogP contribution in [0, 0.1) is 0 Å². The first-order valence-corrected chi connectivity index (χ1v) is 5.32. The second kappa shape index (κ2) is 11.1. The topological polar surface area (TPSA) is 107 Å². The van der Waals surface area contributed by atoms with Crippen LogP contribution in [0.25, 0.3) is 5.73 Å². The van der Waals surface area contributed by atoms with Crippen LogP contribution in [-0.4, -0.2) is 34.4 Å². The van der Waals surface area contributed by atoms with Crippen LogP contribution in [0.5, 0.6) is 0 Å². The van der Waals surface area contributed by atoms with E-state index >= 15 is 0 Å². The summed E-state index contributed by atoms with van der Waals surface area (Å²) in [6, 6.07) is -0.872. The van der Waals surface area contributed by atoms with Gasteiger partial charge in [0.05, 0.1) is 6.10 Å². The molecule has 0 aromatic rings. The van der Waals surface area contributed by atoms with Crippen molar-refractivity contribution in [2.75, 3.05) is 0 Å². The quantitative estimate of drug-likeness (QED) is 0.504. The average Bonchev–Trinajstić information content (AvgIpc) is 2.18. The van der Waals surface area contributed by atoms with Gasteiger partial charge in [0, 0.05) is 0 Å². The van der Waals surface area contributed by atoms with Gasteiger partial charge in [0.15, 0.2) is 0 Å². The van der Waals surface area contributed by atoms with E-state index in [-0.39, 0.29) is 57.4 Å². The first kappa shape index (κ1) is 19.3. The van der Waals surface area contributed by atoms with Gasteiger partial charge in [-0.1, -0.05) is 32.1 Å². The normalized spacial score (nSPS) is 19.8. The van der Waals surface area contributed by atoms with Crippen molar-refractivity contribution in [2.24, 2.45) is 5.73 Å². The number of carbonyl (C=O) groups is 1. The Morgan fingerprint density at radius 3 is 1.94 bits per heavy atom. The second-order valence-electron chi connectivity index (χ2n) is 3.94. The Bertz CT molecular complexity index is 185. The molecule has 5 N–H and O–H groups in total. The molecule has 1 aliphatic rings. The van der Waals surface area contributed by atoms with E-state index in [1.54, 1.807) is 0 Å². The molecule has 0 aromatic carbocycles. The number of nitrogens with one attached hydrogen (secondary N) is 1. The summed E-state index contributed by atoms with van der Waals surface area (Å²) >= 11 is 0.